The highest BCUT2D eigenvalue weighted by atomic mass is 16.5. The first-order valence-corrected chi connectivity index (χ1v) is 11.7. The number of imidazole rings is 1. The van der Waals surface area contributed by atoms with Crippen LogP contribution < -0.4 is 10.1 Å². The highest BCUT2D eigenvalue weighted by Gasteiger charge is 2.23. The van der Waals surface area contributed by atoms with Crippen LogP contribution in [0.5, 0.6) is 5.75 Å². The van der Waals surface area contributed by atoms with Gasteiger partial charge in [0.1, 0.15) is 17.0 Å². The predicted molar refractivity (Wildman–Crippen MR) is 128 cm³/mol. The fourth-order valence-corrected chi connectivity index (χ4v) is 4.70. The van der Waals surface area contributed by atoms with Gasteiger partial charge in [0.2, 0.25) is 0 Å². The SMILES string of the molecule is COc1ccc(CCNc2nc(-c3c(C)noc3C)nc3c2ncn3C2CCCCC2)cc1. The molecule has 5 rings (SSSR count). The van der Waals surface area contributed by atoms with Gasteiger partial charge in [0.05, 0.1) is 24.7 Å². The summed E-state index contributed by atoms with van der Waals surface area (Å²) in [5.74, 6) is 2.96. The molecule has 8 heteroatoms. The van der Waals surface area contributed by atoms with Crippen LogP contribution >= 0.6 is 0 Å². The molecule has 1 fully saturated rings. The quantitative estimate of drug-likeness (QED) is 0.414. The van der Waals surface area contributed by atoms with Gasteiger partial charge in [-0.1, -0.05) is 36.6 Å². The molecule has 0 bridgehead atoms. The van der Waals surface area contributed by atoms with Crippen molar-refractivity contribution < 1.29 is 9.26 Å². The van der Waals surface area contributed by atoms with Crippen molar-refractivity contribution in [3.05, 3.63) is 47.6 Å². The Morgan fingerprint density at radius 2 is 1.88 bits per heavy atom. The third-order valence-electron chi connectivity index (χ3n) is 6.51. The Bertz CT molecular complexity index is 1220. The van der Waals surface area contributed by atoms with Crippen molar-refractivity contribution in [1.29, 1.82) is 0 Å². The minimum Gasteiger partial charge on any atom is -0.497 e. The van der Waals surface area contributed by atoms with E-state index in [1.165, 1.54) is 24.8 Å². The molecule has 1 N–H and O–H groups in total. The molecule has 0 amide bonds. The largest absolute Gasteiger partial charge is 0.497 e. The zero-order valence-corrected chi connectivity index (χ0v) is 19.5. The predicted octanol–water partition coefficient (Wildman–Crippen LogP) is 5.27. The molecule has 8 nitrogen and oxygen atoms in total. The Morgan fingerprint density at radius 3 is 2.58 bits per heavy atom. The van der Waals surface area contributed by atoms with Crippen molar-refractivity contribution in [3.8, 4) is 17.1 Å². The minimum absolute atomic E-state index is 0.434. The lowest BCUT2D eigenvalue weighted by atomic mass is 9.95. The molecule has 172 valence electrons. The number of rotatable bonds is 7. The molecule has 1 saturated carbocycles. The maximum absolute atomic E-state index is 5.40. The number of aryl methyl sites for hydroxylation is 2. The van der Waals surface area contributed by atoms with Crippen molar-refractivity contribution in [2.45, 2.75) is 58.4 Å². The standard InChI is InChI=1S/C25H30N6O2/c1-16-21(17(2)33-30-16)23-28-24(26-14-13-18-9-11-20(32-3)12-10-18)22-25(29-23)31(15-27-22)19-7-5-4-6-8-19/h9-12,15,19H,4-8,13-14H2,1-3H3,(H,26,28,29). The summed E-state index contributed by atoms with van der Waals surface area (Å²) in [4.78, 5) is 14.5. The van der Waals surface area contributed by atoms with E-state index >= 15 is 0 Å². The molecule has 0 spiro atoms. The second-order valence-corrected chi connectivity index (χ2v) is 8.74. The molecule has 0 atom stereocenters. The lowest BCUT2D eigenvalue weighted by molar-refractivity contribution is 0.358. The van der Waals surface area contributed by atoms with Crippen LogP contribution in [0.25, 0.3) is 22.6 Å². The Hall–Kier alpha value is -3.42. The molecule has 1 aliphatic rings. The van der Waals surface area contributed by atoms with Gasteiger partial charge < -0.3 is 19.1 Å². The molecule has 0 saturated heterocycles. The van der Waals surface area contributed by atoms with Crippen LogP contribution in [0.4, 0.5) is 5.82 Å². The minimum atomic E-state index is 0.434. The molecule has 1 aromatic carbocycles. The number of methoxy groups -OCH3 is 1. The molecule has 4 aromatic rings. The van der Waals surface area contributed by atoms with Gasteiger partial charge in [-0.05, 0) is 50.8 Å². The lowest BCUT2D eigenvalue weighted by Crippen LogP contribution is -2.13. The number of hydrogen-bond acceptors (Lipinski definition) is 7. The molecule has 3 heterocycles. The van der Waals surface area contributed by atoms with Crippen LogP contribution in [0.3, 0.4) is 0 Å². The number of nitrogens with zero attached hydrogens (tertiary/aromatic N) is 5. The van der Waals surface area contributed by atoms with Gasteiger partial charge in [0, 0.05) is 12.6 Å². The summed E-state index contributed by atoms with van der Waals surface area (Å²) in [6.07, 6.45) is 8.92. The van der Waals surface area contributed by atoms with Crippen molar-refractivity contribution in [3.63, 3.8) is 0 Å². The monoisotopic (exact) mass is 446 g/mol. The summed E-state index contributed by atoms with van der Waals surface area (Å²) in [6.45, 7) is 4.56. The summed E-state index contributed by atoms with van der Waals surface area (Å²) in [6, 6.07) is 8.58. The van der Waals surface area contributed by atoms with Gasteiger partial charge >= 0.3 is 0 Å². The number of anilines is 1. The first-order valence-electron chi connectivity index (χ1n) is 11.7. The second kappa shape index (κ2) is 9.21. The van der Waals surface area contributed by atoms with Crippen molar-refractivity contribution >= 4 is 17.0 Å². The van der Waals surface area contributed by atoms with Crippen LogP contribution in [0, 0.1) is 13.8 Å². The topological polar surface area (TPSA) is 90.9 Å². The molecule has 0 radical (unpaired) electrons. The van der Waals surface area contributed by atoms with E-state index in [-0.39, 0.29) is 0 Å². The number of ether oxygens (including phenoxy) is 1. The maximum Gasteiger partial charge on any atom is 0.169 e. The number of fused-ring (bicyclic) bond motifs is 1. The Balaban J connectivity index is 1.48. The number of benzene rings is 1. The van der Waals surface area contributed by atoms with Gasteiger partial charge in [-0.15, -0.1) is 0 Å². The smallest absolute Gasteiger partial charge is 0.169 e. The van der Waals surface area contributed by atoms with Crippen LogP contribution in [0.2, 0.25) is 0 Å². The normalized spacial score (nSPS) is 14.6. The number of hydrogen-bond donors (Lipinski definition) is 1. The summed E-state index contributed by atoms with van der Waals surface area (Å²) in [5.41, 5.74) is 4.56. The molecule has 1 aliphatic carbocycles. The lowest BCUT2D eigenvalue weighted by Gasteiger charge is -2.23. The highest BCUT2D eigenvalue weighted by molar-refractivity contribution is 5.85. The van der Waals surface area contributed by atoms with E-state index in [4.69, 9.17) is 24.2 Å². The second-order valence-electron chi connectivity index (χ2n) is 8.74. The molecular formula is C25H30N6O2. The van der Waals surface area contributed by atoms with Crippen LogP contribution in [-0.2, 0) is 6.42 Å². The van der Waals surface area contributed by atoms with Crippen LogP contribution in [0.1, 0.15) is 55.2 Å². The van der Waals surface area contributed by atoms with Gasteiger partial charge in [-0.25, -0.2) is 15.0 Å². The maximum atomic E-state index is 5.40. The van der Waals surface area contributed by atoms with Gasteiger partial charge in [0.25, 0.3) is 0 Å². The van der Waals surface area contributed by atoms with E-state index in [1.807, 2.05) is 32.3 Å². The fraction of sp³-hybridized carbons (Fsp3) is 0.440. The Morgan fingerprint density at radius 1 is 1.09 bits per heavy atom. The fourth-order valence-electron chi connectivity index (χ4n) is 4.70. The number of nitrogens with one attached hydrogen (secondary N) is 1. The van der Waals surface area contributed by atoms with Crippen molar-refractivity contribution in [2.75, 3.05) is 19.0 Å². The zero-order valence-electron chi connectivity index (χ0n) is 19.5. The first-order chi connectivity index (χ1) is 16.1. The average Bonchev–Trinajstić information content (AvgIpc) is 3.42. The number of aromatic nitrogens is 5. The summed E-state index contributed by atoms with van der Waals surface area (Å²) in [7, 11) is 1.68. The van der Waals surface area contributed by atoms with Crippen LogP contribution in [0.15, 0.2) is 35.1 Å². The molecule has 0 unspecified atom stereocenters. The molecule has 0 aliphatic heterocycles. The highest BCUT2D eigenvalue weighted by Crippen LogP contribution is 2.33. The van der Waals surface area contributed by atoms with Crippen LogP contribution in [-0.4, -0.2) is 38.3 Å². The van der Waals surface area contributed by atoms with E-state index in [0.717, 1.165) is 65.6 Å². The summed E-state index contributed by atoms with van der Waals surface area (Å²) < 4.78 is 12.9. The van der Waals surface area contributed by atoms with Gasteiger partial charge in [0.15, 0.2) is 17.3 Å². The summed E-state index contributed by atoms with van der Waals surface area (Å²) >= 11 is 0. The Kier molecular flexibility index (Phi) is 5.98. The van der Waals surface area contributed by atoms with Crippen molar-refractivity contribution in [1.82, 2.24) is 24.7 Å². The van der Waals surface area contributed by atoms with Crippen molar-refractivity contribution in [2.24, 2.45) is 0 Å². The average molecular weight is 447 g/mol. The third-order valence-corrected chi connectivity index (χ3v) is 6.51. The van der Waals surface area contributed by atoms with Gasteiger partial charge in [-0.2, -0.15) is 0 Å². The molecular weight excluding hydrogens is 416 g/mol. The third kappa shape index (κ3) is 4.29. The van der Waals surface area contributed by atoms with E-state index < -0.39 is 0 Å². The van der Waals surface area contributed by atoms with Gasteiger partial charge in [-0.3, -0.25) is 0 Å². The first kappa shape index (κ1) is 21.4. The molecule has 3 aromatic heterocycles. The van der Waals surface area contributed by atoms with E-state index in [9.17, 15) is 0 Å². The zero-order chi connectivity index (χ0) is 22.8. The molecule has 33 heavy (non-hydrogen) atoms. The van der Waals surface area contributed by atoms with E-state index in [2.05, 4.69) is 27.2 Å². The van der Waals surface area contributed by atoms with E-state index in [0.29, 0.717) is 11.9 Å². The van der Waals surface area contributed by atoms with E-state index in [1.54, 1.807) is 7.11 Å². The Labute approximate surface area is 193 Å². The summed E-state index contributed by atoms with van der Waals surface area (Å²) in [5, 5.41) is 7.62.